The standard InChI is InChI=1S/C21H33BrN2O4Si/c1-14(25)23-24-17(19(26)27-20(2,3)4)18(15-12-10-11-13-16(15)22)28-29(8,9)21(5,6)7/h10-13,18H,1-9H3,(H,23,25)/b24-17+. The average Bonchev–Trinajstić information content (AvgIpc) is 2.51. The summed E-state index contributed by atoms with van der Waals surface area (Å²) in [4.78, 5) is 24.6. The van der Waals surface area contributed by atoms with Gasteiger partial charge in [0.15, 0.2) is 14.0 Å². The predicted octanol–water partition coefficient (Wildman–Crippen LogP) is 5.35. The molecular formula is C21H33BrN2O4Si. The van der Waals surface area contributed by atoms with E-state index in [4.69, 9.17) is 9.16 Å². The lowest BCUT2D eigenvalue weighted by atomic mass is 10.0. The van der Waals surface area contributed by atoms with E-state index in [1.807, 2.05) is 24.3 Å². The van der Waals surface area contributed by atoms with Crippen LogP contribution in [0.2, 0.25) is 18.1 Å². The quantitative estimate of drug-likeness (QED) is 0.255. The molecule has 0 aliphatic heterocycles. The van der Waals surface area contributed by atoms with Gasteiger partial charge in [-0.2, -0.15) is 5.10 Å². The predicted molar refractivity (Wildman–Crippen MR) is 122 cm³/mol. The number of carbonyl (C=O) groups is 2. The van der Waals surface area contributed by atoms with Gasteiger partial charge < -0.3 is 9.16 Å². The van der Waals surface area contributed by atoms with Crippen molar-refractivity contribution in [2.75, 3.05) is 0 Å². The first kappa shape index (κ1) is 25.5. The Morgan fingerprint density at radius 3 is 2.10 bits per heavy atom. The third kappa shape index (κ3) is 7.68. The molecule has 1 N–H and O–H groups in total. The first-order chi connectivity index (χ1) is 13.0. The maximum atomic E-state index is 13.0. The van der Waals surface area contributed by atoms with Crippen LogP contribution in [-0.2, 0) is 18.8 Å². The second-order valence-electron chi connectivity index (χ2n) is 9.45. The molecule has 29 heavy (non-hydrogen) atoms. The molecule has 0 fully saturated rings. The van der Waals surface area contributed by atoms with Gasteiger partial charge in [0.25, 0.3) is 0 Å². The minimum atomic E-state index is -2.32. The maximum Gasteiger partial charge on any atom is 0.358 e. The van der Waals surface area contributed by atoms with Crippen molar-refractivity contribution in [1.82, 2.24) is 5.43 Å². The summed E-state index contributed by atoms with van der Waals surface area (Å²) in [6.45, 7) is 17.2. The number of hydrogen-bond donors (Lipinski definition) is 1. The number of benzene rings is 1. The van der Waals surface area contributed by atoms with Gasteiger partial charge in [-0.1, -0.05) is 54.9 Å². The van der Waals surface area contributed by atoms with Gasteiger partial charge in [-0.3, -0.25) is 4.79 Å². The fraction of sp³-hybridized carbons (Fsp3) is 0.571. The van der Waals surface area contributed by atoms with Crippen LogP contribution in [0.1, 0.15) is 60.1 Å². The second-order valence-corrected chi connectivity index (χ2v) is 15.1. The smallest absolute Gasteiger partial charge is 0.358 e. The minimum Gasteiger partial charge on any atom is -0.455 e. The van der Waals surface area contributed by atoms with E-state index in [0.29, 0.717) is 0 Å². The molecule has 1 unspecified atom stereocenters. The van der Waals surface area contributed by atoms with Crippen molar-refractivity contribution in [2.24, 2.45) is 5.10 Å². The lowest BCUT2D eigenvalue weighted by molar-refractivity contribution is -0.146. The highest BCUT2D eigenvalue weighted by atomic mass is 79.9. The molecule has 0 saturated carbocycles. The Morgan fingerprint density at radius 2 is 1.66 bits per heavy atom. The Labute approximate surface area is 183 Å². The highest BCUT2D eigenvalue weighted by Crippen LogP contribution is 2.41. The summed E-state index contributed by atoms with van der Waals surface area (Å²) in [5.41, 5.74) is 2.41. The number of amides is 1. The van der Waals surface area contributed by atoms with Gasteiger partial charge in [-0.15, -0.1) is 0 Å². The Morgan fingerprint density at radius 1 is 1.10 bits per heavy atom. The number of nitrogens with one attached hydrogen (secondary N) is 1. The number of ether oxygens (including phenoxy) is 1. The SMILES string of the molecule is CC(=O)N/N=C(/C(=O)OC(C)(C)C)C(O[Si](C)(C)C(C)(C)C)c1ccccc1Br. The summed E-state index contributed by atoms with van der Waals surface area (Å²) in [5.74, 6) is -1.02. The number of esters is 1. The van der Waals surface area contributed by atoms with Crippen LogP contribution in [0, 0.1) is 0 Å². The van der Waals surface area contributed by atoms with E-state index in [9.17, 15) is 9.59 Å². The van der Waals surface area contributed by atoms with Crippen LogP contribution >= 0.6 is 15.9 Å². The molecule has 0 heterocycles. The van der Waals surface area contributed by atoms with E-state index in [2.05, 4.69) is 60.3 Å². The molecule has 1 aromatic carbocycles. The number of hydrazone groups is 1. The summed E-state index contributed by atoms with van der Waals surface area (Å²) >= 11 is 3.55. The van der Waals surface area contributed by atoms with Crippen molar-refractivity contribution >= 4 is 41.8 Å². The van der Waals surface area contributed by atoms with Crippen molar-refractivity contribution in [3.8, 4) is 0 Å². The Bertz CT molecular complexity index is 780. The van der Waals surface area contributed by atoms with Crippen molar-refractivity contribution in [3.05, 3.63) is 34.3 Å². The minimum absolute atomic E-state index is 0.00634. The molecule has 0 aliphatic rings. The van der Waals surface area contributed by atoms with E-state index in [0.717, 1.165) is 10.0 Å². The van der Waals surface area contributed by atoms with Crippen molar-refractivity contribution in [3.63, 3.8) is 0 Å². The normalized spacial score (nSPS) is 14.3. The summed E-state index contributed by atoms with van der Waals surface area (Å²) in [5, 5.41) is 4.01. The van der Waals surface area contributed by atoms with Gasteiger partial charge in [-0.05, 0) is 45.0 Å². The number of nitrogens with zero attached hydrogens (tertiary/aromatic N) is 1. The van der Waals surface area contributed by atoms with Gasteiger partial charge in [0.1, 0.15) is 11.7 Å². The van der Waals surface area contributed by atoms with Crippen LogP contribution in [0.3, 0.4) is 0 Å². The lowest BCUT2D eigenvalue weighted by Gasteiger charge is -2.39. The van der Waals surface area contributed by atoms with Gasteiger partial charge in [0.2, 0.25) is 5.91 Å². The number of halogens is 1. The molecule has 0 radical (unpaired) electrons. The molecule has 0 aromatic heterocycles. The fourth-order valence-electron chi connectivity index (χ4n) is 2.11. The number of hydrogen-bond acceptors (Lipinski definition) is 5. The molecule has 0 saturated heterocycles. The van der Waals surface area contributed by atoms with Crippen LogP contribution in [-0.4, -0.2) is 31.5 Å². The van der Waals surface area contributed by atoms with Crippen LogP contribution < -0.4 is 5.43 Å². The van der Waals surface area contributed by atoms with E-state index in [-0.39, 0.29) is 16.7 Å². The van der Waals surface area contributed by atoms with Gasteiger partial charge in [0.05, 0.1) is 0 Å². The van der Waals surface area contributed by atoms with Gasteiger partial charge in [-0.25, -0.2) is 10.2 Å². The summed E-state index contributed by atoms with van der Waals surface area (Å²) < 4.78 is 13.0. The Kier molecular flexibility index (Phi) is 8.39. The molecule has 6 nitrogen and oxygen atoms in total. The summed E-state index contributed by atoms with van der Waals surface area (Å²) in [7, 11) is -2.32. The average molecular weight is 485 g/mol. The largest absolute Gasteiger partial charge is 0.455 e. The number of rotatable bonds is 6. The Hall–Kier alpha value is -1.51. The van der Waals surface area contributed by atoms with Crippen molar-refractivity contribution in [2.45, 2.75) is 78.3 Å². The van der Waals surface area contributed by atoms with Crippen LogP contribution in [0.4, 0.5) is 0 Å². The number of carbonyl (C=O) groups excluding carboxylic acids is 2. The highest BCUT2D eigenvalue weighted by molar-refractivity contribution is 9.10. The summed E-state index contributed by atoms with van der Waals surface area (Å²) in [6.07, 6.45) is -0.798. The fourth-order valence-corrected chi connectivity index (χ4v) is 3.78. The molecule has 1 aromatic rings. The monoisotopic (exact) mass is 484 g/mol. The molecule has 1 atom stereocenters. The zero-order valence-electron chi connectivity index (χ0n) is 18.8. The van der Waals surface area contributed by atoms with Crippen LogP contribution in [0.25, 0.3) is 0 Å². The van der Waals surface area contributed by atoms with Crippen LogP contribution in [0.15, 0.2) is 33.8 Å². The zero-order valence-corrected chi connectivity index (χ0v) is 21.4. The van der Waals surface area contributed by atoms with E-state index >= 15 is 0 Å². The molecule has 1 amide bonds. The molecule has 162 valence electrons. The highest BCUT2D eigenvalue weighted by Gasteiger charge is 2.43. The van der Waals surface area contributed by atoms with Gasteiger partial charge in [0, 0.05) is 17.0 Å². The van der Waals surface area contributed by atoms with Gasteiger partial charge >= 0.3 is 5.97 Å². The third-order valence-electron chi connectivity index (χ3n) is 4.60. The third-order valence-corrected chi connectivity index (χ3v) is 9.76. The van der Waals surface area contributed by atoms with E-state index in [1.165, 1.54) is 6.92 Å². The summed E-state index contributed by atoms with van der Waals surface area (Å²) in [6, 6.07) is 7.50. The topological polar surface area (TPSA) is 77.0 Å². The molecule has 0 spiro atoms. The Balaban J connectivity index is 3.59. The second kappa shape index (κ2) is 9.53. The molecule has 0 bridgehead atoms. The molecule has 0 aliphatic carbocycles. The lowest BCUT2D eigenvalue weighted by Crippen LogP contribution is -2.45. The van der Waals surface area contributed by atoms with E-state index in [1.54, 1.807) is 20.8 Å². The molecule has 1 rings (SSSR count). The molecule has 8 heteroatoms. The maximum absolute atomic E-state index is 13.0. The first-order valence-corrected chi connectivity index (χ1v) is 13.2. The van der Waals surface area contributed by atoms with Crippen molar-refractivity contribution in [1.29, 1.82) is 0 Å². The first-order valence-electron chi connectivity index (χ1n) is 9.55. The van der Waals surface area contributed by atoms with Crippen LogP contribution in [0.5, 0.6) is 0 Å². The zero-order chi connectivity index (χ0) is 22.6. The van der Waals surface area contributed by atoms with E-state index < -0.39 is 26.0 Å². The molecular weight excluding hydrogens is 452 g/mol. The van der Waals surface area contributed by atoms with Crippen molar-refractivity contribution < 1.29 is 18.8 Å².